The van der Waals surface area contributed by atoms with E-state index < -0.39 is 21.5 Å². The van der Waals surface area contributed by atoms with E-state index in [2.05, 4.69) is 36.1 Å². The molecular formula is C21H21BrN4O3S. The van der Waals surface area contributed by atoms with Crippen molar-refractivity contribution in [2.24, 2.45) is 0 Å². The third-order valence-corrected chi connectivity index (χ3v) is 6.86. The van der Waals surface area contributed by atoms with Gasteiger partial charge in [-0.2, -0.15) is 0 Å². The number of para-hydroxylation sites is 1. The number of halogens is 1. The molecule has 2 aromatic carbocycles. The van der Waals surface area contributed by atoms with E-state index in [1.54, 1.807) is 30.3 Å². The fourth-order valence-electron chi connectivity index (χ4n) is 3.49. The Labute approximate surface area is 183 Å². The molecule has 7 nitrogen and oxygen atoms in total. The SMILES string of the molecule is O=C(CS(=O)(=O)c1nc(N2CCCCC2)c2ccccc2n1)Nc1ccc(Br)cc1. The van der Waals surface area contributed by atoms with Crippen LogP contribution in [0.4, 0.5) is 11.5 Å². The molecule has 9 heteroatoms. The molecule has 1 fully saturated rings. The van der Waals surface area contributed by atoms with E-state index in [0.29, 0.717) is 17.0 Å². The molecule has 1 amide bonds. The number of aromatic nitrogens is 2. The number of sulfone groups is 1. The monoisotopic (exact) mass is 488 g/mol. The Bertz CT molecular complexity index is 1180. The van der Waals surface area contributed by atoms with Gasteiger partial charge in [0.2, 0.25) is 20.9 Å². The lowest BCUT2D eigenvalue weighted by Crippen LogP contribution is -2.31. The second kappa shape index (κ2) is 8.69. The van der Waals surface area contributed by atoms with Gasteiger partial charge in [-0.25, -0.2) is 18.4 Å². The fourth-order valence-corrected chi connectivity index (χ4v) is 4.77. The Morgan fingerprint density at radius 3 is 2.43 bits per heavy atom. The number of amides is 1. The molecule has 1 N–H and O–H groups in total. The molecule has 0 spiro atoms. The van der Waals surface area contributed by atoms with Crippen LogP contribution in [0.15, 0.2) is 58.2 Å². The van der Waals surface area contributed by atoms with Crippen molar-refractivity contribution in [2.45, 2.75) is 24.4 Å². The highest BCUT2D eigenvalue weighted by atomic mass is 79.9. The summed E-state index contributed by atoms with van der Waals surface area (Å²) in [5.74, 6) is -0.735. The van der Waals surface area contributed by atoms with Gasteiger partial charge in [-0.3, -0.25) is 4.79 Å². The van der Waals surface area contributed by atoms with Crippen molar-refractivity contribution in [3.05, 3.63) is 53.0 Å². The average molecular weight is 489 g/mol. The fraction of sp³-hybridized carbons (Fsp3) is 0.286. The molecule has 4 rings (SSSR count). The van der Waals surface area contributed by atoms with Crippen LogP contribution in [-0.2, 0) is 14.6 Å². The lowest BCUT2D eigenvalue weighted by molar-refractivity contribution is -0.113. The van der Waals surface area contributed by atoms with Crippen LogP contribution in [0.25, 0.3) is 10.9 Å². The highest BCUT2D eigenvalue weighted by Crippen LogP contribution is 2.27. The van der Waals surface area contributed by atoms with Crippen LogP contribution in [0.1, 0.15) is 19.3 Å². The minimum Gasteiger partial charge on any atom is -0.356 e. The van der Waals surface area contributed by atoms with Crippen LogP contribution in [0.2, 0.25) is 0 Å². The van der Waals surface area contributed by atoms with Crippen LogP contribution < -0.4 is 10.2 Å². The van der Waals surface area contributed by atoms with Crippen LogP contribution in [0.3, 0.4) is 0 Å². The molecule has 1 aromatic heterocycles. The highest BCUT2D eigenvalue weighted by Gasteiger charge is 2.26. The van der Waals surface area contributed by atoms with Gasteiger partial charge < -0.3 is 10.2 Å². The number of piperidine rings is 1. The van der Waals surface area contributed by atoms with Crippen LogP contribution in [0.5, 0.6) is 0 Å². The van der Waals surface area contributed by atoms with Crippen molar-refractivity contribution in [1.82, 2.24) is 9.97 Å². The third-order valence-electron chi connectivity index (χ3n) is 4.95. The maximum absolute atomic E-state index is 13.0. The molecule has 1 aliphatic heterocycles. The first-order valence-corrected chi connectivity index (χ1v) is 12.2. The van der Waals surface area contributed by atoms with E-state index in [-0.39, 0.29) is 5.16 Å². The predicted molar refractivity (Wildman–Crippen MR) is 120 cm³/mol. The summed E-state index contributed by atoms with van der Waals surface area (Å²) in [7, 11) is -4.01. The minimum atomic E-state index is -4.01. The van der Waals surface area contributed by atoms with Gasteiger partial charge in [0.05, 0.1) is 5.52 Å². The largest absolute Gasteiger partial charge is 0.356 e. The van der Waals surface area contributed by atoms with E-state index in [1.807, 2.05) is 18.2 Å². The molecule has 2 heterocycles. The van der Waals surface area contributed by atoms with Crippen LogP contribution in [0, 0.1) is 0 Å². The van der Waals surface area contributed by atoms with Crippen molar-refractivity contribution >= 4 is 54.1 Å². The van der Waals surface area contributed by atoms with Crippen LogP contribution in [-0.4, -0.2) is 43.1 Å². The van der Waals surface area contributed by atoms with E-state index in [9.17, 15) is 13.2 Å². The van der Waals surface area contributed by atoms with E-state index in [4.69, 9.17) is 0 Å². The number of nitrogens with one attached hydrogen (secondary N) is 1. The summed E-state index contributed by atoms with van der Waals surface area (Å²) < 4.78 is 26.8. The molecule has 0 radical (unpaired) electrons. The normalized spacial score (nSPS) is 14.6. The van der Waals surface area contributed by atoms with Gasteiger partial charge in [0.15, 0.2) is 0 Å². The van der Waals surface area contributed by atoms with Gasteiger partial charge in [-0.15, -0.1) is 0 Å². The number of benzene rings is 2. The topological polar surface area (TPSA) is 92.3 Å². The molecule has 1 aliphatic rings. The first kappa shape index (κ1) is 20.7. The number of carbonyl (C=O) groups excluding carboxylic acids is 1. The Hall–Kier alpha value is -2.52. The summed E-state index contributed by atoms with van der Waals surface area (Å²) in [4.78, 5) is 23.1. The second-order valence-corrected chi connectivity index (χ2v) is 10.0. The van der Waals surface area contributed by atoms with Crippen LogP contribution >= 0.6 is 15.9 Å². The molecule has 3 aromatic rings. The molecule has 30 heavy (non-hydrogen) atoms. The molecule has 156 valence electrons. The summed E-state index contributed by atoms with van der Waals surface area (Å²) >= 11 is 3.32. The number of nitrogens with zero attached hydrogens (tertiary/aromatic N) is 3. The Balaban J connectivity index is 1.63. The highest BCUT2D eigenvalue weighted by molar-refractivity contribution is 9.10. The number of hydrogen-bond donors (Lipinski definition) is 1. The first-order valence-electron chi connectivity index (χ1n) is 9.72. The number of fused-ring (bicyclic) bond motifs is 1. The quantitative estimate of drug-likeness (QED) is 0.549. The maximum Gasteiger partial charge on any atom is 0.250 e. The van der Waals surface area contributed by atoms with Gasteiger partial charge in [0, 0.05) is 28.6 Å². The van der Waals surface area contributed by atoms with Crippen molar-refractivity contribution in [3.8, 4) is 0 Å². The number of hydrogen-bond acceptors (Lipinski definition) is 6. The zero-order chi connectivity index (χ0) is 21.1. The summed E-state index contributed by atoms with van der Waals surface area (Å²) in [6.07, 6.45) is 3.23. The number of anilines is 2. The Morgan fingerprint density at radius 2 is 1.70 bits per heavy atom. The van der Waals surface area contributed by atoms with Crippen molar-refractivity contribution in [3.63, 3.8) is 0 Å². The van der Waals surface area contributed by atoms with Gasteiger partial charge in [0.25, 0.3) is 0 Å². The van der Waals surface area contributed by atoms with Gasteiger partial charge in [-0.05, 0) is 55.7 Å². The van der Waals surface area contributed by atoms with Gasteiger partial charge in [0.1, 0.15) is 11.6 Å². The molecule has 0 atom stereocenters. The number of carbonyl (C=O) groups is 1. The predicted octanol–water partition coefficient (Wildman–Crippen LogP) is 3.80. The molecule has 0 aliphatic carbocycles. The molecular weight excluding hydrogens is 468 g/mol. The zero-order valence-corrected chi connectivity index (χ0v) is 18.6. The molecule has 0 unspecified atom stereocenters. The summed E-state index contributed by atoms with van der Waals surface area (Å²) in [6, 6.07) is 14.3. The smallest absolute Gasteiger partial charge is 0.250 e. The zero-order valence-electron chi connectivity index (χ0n) is 16.2. The van der Waals surface area contributed by atoms with Gasteiger partial charge >= 0.3 is 0 Å². The van der Waals surface area contributed by atoms with Crippen molar-refractivity contribution in [2.75, 3.05) is 29.1 Å². The summed E-state index contributed by atoms with van der Waals surface area (Å²) in [5, 5.41) is 3.11. The van der Waals surface area contributed by atoms with E-state index in [1.165, 1.54) is 0 Å². The Kier molecular flexibility index (Phi) is 6.01. The molecule has 1 saturated heterocycles. The van der Waals surface area contributed by atoms with Crippen molar-refractivity contribution < 1.29 is 13.2 Å². The minimum absolute atomic E-state index is 0.312. The lowest BCUT2D eigenvalue weighted by Gasteiger charge is -2.28. The first-order chi connectivity index (χ1) is 14.4. The summed E-state index contributed by atoms with van der Waals surface area (Å²) in [6.45, 7) is 1.65. The average Bonchev–Trinajstić information content (AvgIpc) is 2.75. The Morgan fingerprint density at radius 1 is 1.00 bits per heavy atom. The summed E-state index contributed by atoms with van der Waals surface area (Å²) in [5.41, 5.74) is 1.08. The van der Waals surface area contributed by atoms with Gasteiger partial charge in [-0.1, -0.05) is 28.1 Å². The number of rotatable bonds is 5. The maximum atomic E-state index is 13.0. The molecule has 0 bridgehead atoms. The lowest BCUT2D eigenvalue weighted by atomic mass is 10.1. The van der Waals surface area contributed by atoms with E-state index in [0.717, 1.165) is 42.2 Å². The van der Waals surface area contributed by atoms with Crippen molar-refractivity contribution in [1.29, 1.82) is 0 Å². The van der Waals surface area contributed by atoms with E-state index >= 15 is 0 Å². The second-order valence-electron chi connectivity index (χ2n) is 7.21. The third kappa shape index (κ3) is 4.62. The standard InChI is InChI=1S/C21H21BrN4O3S/c22-15-8-10-16(11-9-15)23-19(27)14-30(28,29)21-24-18-7-3-2-6-17(18)20(25-21)26-12-4-1-5-13-26/h2-3,6-11H,1,4-5,12-14H2,(H,23,27). The molecule has 0 saturated carbocycles.